The Morgan fingerprint density at radius 3 is 2.61 bits per heavy atom. The number of piperazine rings is 1. The first kappa shape index (κ1) is 21.2. The molecule has 7 heteroatoms. The number of para-hydroxylation sites is 1. The van der Waals surface area contributed by atoms with Crippen molar-refractivity contribution >= 4 is 39.3 Å². The third kappa shape index (κ3) is 4.19. The van der Waals surface area contributed by atoms with Crippen LogP contribution in [0.15, 0.2) is 63.8 Å². The van der Waals surface area contributed by atoms with Crippen LogP contribution >= 0.6 is 0 Å². The molecule has 1 fully saturated rings. The third-order valence-corrected chi connectivity index (χ3v) is 6.26. The highest BCUT2D eigenvalue weighted by Gasteiger charge is 2.18. The molecule has 5 rings (SSSR count). The van der Waals surface area contributed by atoms with E-state index in [0.717, 1.165) is 55.0 Å². The minimum Gasteiger partial charge on any atom is -0.451 e. The molecule has 0 atom stereocenters. The predicted molar refractivity (Wildman–Crippen MR) is 131 cm³/mol. The highest BCUT2D eigenvalue weighted by atomic mass is 16.3. The summed E-state index contributed by atoms with van der Waals surface area (Å²) >= 11 is 0. The Hall–Kier alpha value is -3.71. The number of nitrogens with zero attached hydrogens (tertiary/aromatic N) is 3. The molecule has 1 saturated heterocycles. The van der Waals surface area contributed by atoms with Gasteiger partial charge >= 0.3 is 0 Å². The minimum atomic E-state index is -0.465. The smallest absolute Gasteiger partial charge is 0.291 e. The number of pyridine rings is 1. The van der Waals surface area contributed by atoms with E-state index in [4.69, 9.17) is 9.40 Å². The second-order valence-corrected chi connectivity index (χ2v) is 8.38. The van der Waals surface area contributed by atoms with E-state index in [1.807, 2.05) is 18.2 Å². The van der Waals surface area contributed by atoms with Crippen molar-refractivity contribution in [1.29, 1.82) is 0 Å². The molecule has 0 spiro atoms. The van der Waals surface area contributed by atoms with E-state index in [9.17, 15) is 9.59 Å². The van der Waals surface area contributed by atoms with Gasteiger partial charge in [0.25, 0.3) is 5.91 Å². The van der Waals surface area contributed by atoms with Gasteiger partial charge < -0.3 is 19.5 Å². The normalized spacial score (nSPS) is 14.7. The Morgan fingerprint density at radius 2 is 1.82 bits per heavy atom. The Bertz CT molecular complexity index is 1400. The van der Waals surface area contributed by atoms with Gasteiger partial charge in [-0.15, -0.1) is 0 Å². The zero-order chi connectivity index (χ0) is 22.9. The number of anilines is 2. The number of fused-ring (bicyclic) bond motifs is 2. The van der Waals surface area contributed by atoms with Crippen molar-refractivity contribution < 1.29 is 9.21 Å². The fraction of sp³-hybridized carbons (Fsp3) is 0.269. The van der Waals surface area contributed by atoms with Gasteiger partial charge in [-0.05, 0) is 55.4 Å². The van der Waals surface area contributed by atoms with E-state index < -0.39 is 5.91 Å². The standard InChI is InChI=1S/C26H26N4O3/c1-3-29-10-12-30(13-11-29)25-14-17(2)20-15-18(8-9-21(20)28-25)27-26(32)24-16-22(31)19-6-4-5-7-23(19)33-24/h4-9,14-16H,3,10-13H2,1-2H3,(H,27,32). The van der Waals surface area contributed by atoms with Crippen LogP contribution in [0.5, 0.6) is 0 Å². The number of aryl methyl sites for hydroxylation is 1. The average molecular weight is 443 g/mol. The maximum Gasteiger partial charge on any atom is 0.291 e. The number of nitrogens with one attached hydrogen (secondary N) is 1. The lowest BCUT2D eigenvalue weighted by Gasteiger charge is -2.35. The van der Waals surface area contributed by atoms with Gasteiger partial charge in [0.15, 0.2) is 11.2 Å². The third-order valence-electron chi connectivity index (χ3n) is 6.26. The van der Waals surface area contributed by atoms with E-state index in [0.29, 0.717) is 16.7 Å². The van der Waals surface area contributed by atoms with Crippen LogP contribution < -0.4 is 15.6 Å². The summed E-state index contributed by atoms with van der Waals surface area (Å²) in [4.78, 5) is 34.7. The molecule has 2 aromatic carbocycles. The average Bonchev–Trinajstić information content (AvgIpc) is 2.84. The van der Waals surface area contributed by atoms with E-state index >= 15 is 0 Å². The molecule has 0 aliphatic carbocycles. The maximum absolute atomic E-state index is 12.8. The van der Waals surface area contributed by atoms with Crippen LogP contribution in [-0.2, 0) is 0 Å². The van der Waals surface area contributed by atoms with Crippen molar-refractivity contribution in [2.24, 2.45) is 0 Å². The predicted octanol–water partition coefficient (Wildman–Crippen LogP) is 4.04. The topological polar surface area (TPSA) is 78.7 Å². The molecular weight excluding hydrogens is 416 g/mol. The van der Waals surface area contributed by atoms with E-state index in [1.165, 1.54) is 6.07 Å². The lowest BCUT2D eigenvalue weighted by atomic mass is 10.1. The van der Waals surface area contributed by atoms with Crippen LogP contribution in [0, 0.1) is 6.92 Å². The summed E-state index contributed by atoms with van der Waals surface area (Å²) in [5, 5.41) is 4.27. The van der Waals surface area contributed by atoms with Gasteiger partial charge in [0, 0.05) is 43.3 Å². The molecule has 1 N–H and O–H groups in total. The van der Waals surface area contributed by atoms with Crippen LogP contribution in [0.25, 0.3) is 21.9 Å². The number of carbonyl (C=O) groups excluding carboxylic acids is 1. The van der Waals surface area contributed by atoms with Crippen molar-refractivity contribution in [2.45, 2.75) is 13.8 Å². The first-order chi connectivity index (χ1) is 16.0. The minimum absolute atomic E-state index is 0.0183. The van der Waals surface area contributed by atoms with Gasteiger partial charge in [-0.3, -0.25) is 9.59 Å². The molecule has 168 valence electrons. The zero-order valence-corrected chi connectivity index (χ0v) is 18.8. The van der Waals surface area contributed by atoms with Crippen LogP contribution in [0.4, 0.5) is 11.5 Å². The summed E-state index contributed by atoms with van der Waals surface area (Å²) < 4.78 is 5.65. The molecule has 1 aliphatic rings. The molecule has 1 amide bonds. The van der Waals surface area contributed by atoms with Crippen LogP contribution in [0.3, 0.4) is 0 Å². The summed E-state index contributed by atoms with van der Waals surface area (Å²) in [6.45, 7) is 9.36. The molecule has 1 aliphatic heterocycles. The number of hydrogen-bond donors (Lipinski definition) is 1. The van der Waals surface area contributed by atoms with Gasteiger partial charge in [0.05, 0.1) is 10.9 Å². The number of likely N-dealkylation sites (N-methyl/N-ethyl adjacent to an activating group) is 1. The van der Waals surface area contributed by atoms with Crippen molar-refractivity contribution in [2.75, 3.05) is 42.9 Å². The molecule has 33 heavy (non-hydrogen) atoms. The molecule has 7 nitrogen and oxygen atoms in total. The molecule has 0 saturated carbocycles. The van der Waals surface area contributed by atoms with Gasteiger partial charge in [0.2, 0.25) is 0 Å². The SMILES string of the molecule is CCN1CCN(c2cc(C)c3cc(NC(=O)c4cc(=O)c5ccccc5o4)ccc3n2)CC1. The Morgan fingerprint density at radius 1 is 1.03 bits per heavy atom. The molecule has 2 aromatic heterocycles. The number of amides is 1. The first-order valence-electron chi connectivity index (χ1n) is 11.2. The number of aromatic nitrogens is 1. The zero-order valence-electron chi connectivity index (χ0n) is 18.8. The van der Waals surface area contributed by atoms with Crippen molar-refractivity contribution in [3.05, 3.63) is 76.1 Å². The molecule has 0 unspecified atom stereocenters. The van der Waals surface area contributed by atoms with Crippen LogP contribution in [0.1, 0.15) is 23.0 Å². The fourth-order valence-corrected chi connectivity index (χ4v) is 4.32. The Labute approximate surface area is 191 Å². The maximum atomic E-state index is 12.8. The monoisotopic (exact) mass is 442 g/mol. The fourth-order valence-electron chi connectivity index (χ4n) is 4.32. The second kappa shape index (κ2) is 8.67. The van der Waals surface area contributed by atoms with E-state index in [2.05, 4.69) is 35.0 Å². The number of carbonyl (C=O) groups is 1. The summed E-state index contributed by atoms with van der Waals surface area (Å²) in [7, 11) is 0. The second-order valence-electron chi connectivity index (χ2n) is 8.38. The van der Waals surface area contributed by atoms with Gasteiger partial charge in [0.1, 0.15) is 11.4 Å². The number of benzene rings is 2. The Balaban J connectivity index is 1.39. The molecule has 4 aromatic rings. The number of rotatable bonds is 4. The molecular formula is C26H26N4O3. The summed E-state index contributed by atoms with van der Waals surface area (Å²) in [5.41, 5.74) is 2.76. The Kier molecular flexibility index (Phi) is 5.56. The lowest BCUT2D eigenvalue weighted by Crippen LogP contribution is -2.46. The van der Waals surface area contributed by atoms with Crippen LogP contribution in [0.2, 0.25) is 0 Å². The van der Waals surface area contributed by atoms with Gasteiger partial charge in [-0.1, -0.05) is 19.1 Å². The summed E-state index contributed by atoms with van der Waals surface area (Å²) in [6, 6.07) is 15.9. The van der Waals surface area contributed by atoms with E-state index in [-0.39, 0.29) is 11.2 Å². The summed E-state index contributed by atoms with van der Waals surface area (Å²) in [6.07, 6.45) is 0. The molecule has 3 heterocycles. The highest BCUT2D eigenvalue weighted by molar-refractivity contribution is 6.04. The quantitative estimate of drug-likeness (QED) is 0.514. The highest BCUT2D eigenvalue weighted by Crippen LogP contribution is 2.26. The molecule has 0 radical (unpaired) electrons. The summed E-state index contributed by atoms with van der Waals surface area (Å²) in [5.74, 6) is 0.508. The van der Waals surface area contributed by atoms with Crippen molar-refractivity contribution in [1.82, 2.24) is 9.88 Å². The van der Waals surface area contributed by atoms with Crippen LogP contribution in [-0.4, -0.2) is 48.5 Å². The van der Waals surface area contributed by atoms with E-state index in [1.54, 1.807) is 24.3 Å². The van der Waals surface area contributed by atoms with Gasteiger partial charge in [-0.25, -0.2) is 4.98 Å². The van der Waals surface area contributed by atoms with Crippen molar-refractivity contribution in [3.63, 3.8) is 0 Å². The van der Waals surface area contributed by atoms with Crippen molar-refractivity contribution in [3.8, 4) is 0 Å². The molecule has 0 bridgehead atoms. The largest absolute Gasteiger partial charge is 0.451 e. The number of hydrogen-bond acceptors (Lipinski definition) is 6. The first-order valence-corrected chi connectivity index (χ1v) is 11.2. The lowest BCUT2D eigenvalue weighted by molar-refractivity contribution is 0.0997. The van der Waals surface area contributed by atoms with Gasteiger partial charge in [-0.2, -0.15) is 0 Å².